The lowest BCUT2D eigenvalue weighted by Gasteiger charge is -2.28. The molecule has 3 amide bonds. The number of imide groups is 1. The summed E-state index contributed by atoms with van der Waals surface area (Å²) in [5.41, 5.74) is 1.91. The van der Waals surface area contributed by atoms with Crippen molar-refractivity contribution >= 4 is 51.8 Å². The Morgan fingerprint density at radius 1 is 1.10 bits per heavy atom. The van der Waals surface area contributed by atoms with E-state index in [0.29, 0.717) is 21.3 Å². The summed E-state index contributed by atoms with van der Waals surface area (Å²) >= 11 is 12.2. The van der Waals surface area contributed by atoms with Gasteiger partial charge in [-0.3, -0.25) is 19.3 Å². The van der Waals surface area contributed by atoms with Gasteiger partial charge < -0.3 is 9.47 Å². The number of aromatic nitrogens is 1. The number of benzene rings is 2. The summed E-state index contributed by atoms with van der Waals surface area (Å²) in [4.78, 5) is 40.6. The first-order valence-electron chi connectivity index (χ1n) is 8.96. The number of hydrogen-bond donors (Lipinski definition) is 0. The van der Waals surface area contributed by atoms with E-state index in [9.17, 15) is 14.4 Å². The second kappa shape index (κ2) is 7.54. The lowest BCUT2D eigenvalue weighted by molar-refractivity contribution is -0.138. The number of nitrogens with zero attached hydrogens (tertiary/aromatic N) is 3. The number of fused-ring (bicyclic) bond motifs is 3. The summed E-state index contributed by atoms with van der Waals surface area (Å²) in [7, 11) is 1.59. The summed E-state index contributed by atoms with van der Waals surface area (Å²) in [6.07, 6.45) is 0. The second-order valence-electron chi connectivity index (χ2n) is 6.92. The minimum Gasteiger partial charge on any atom is -0.340 e. The first-order chi connectivity index (χ1) is 13.9. The number of likely N-dealkylation sites (N-methyl/N-ethyl adjacent to an activating group) is 1. The molecule has 0 spiro atoms. The molecule has 0 aliphatic carbocycles. The Kier molecular flexibility index (Phi) is 5.06. The van der Waals surface area contributed by atoms with Crippen LogP contribution in [0.25, 0.3) is 10.9 Å². The van der Waals surface area contributed by atoms with Gasteiger partial charge in [-0.15, -0.1) is 0 Å². The SMILES string of the molecule is CN(Cc1cccc(Cl)c1Cl)C(=O)CN1C(=O)Cn2c(cc3ccccc32)C1=O. The molecule has 3 aromatic rings. The van der Waals surface area contributed by atoms with E-state index in [1.165, 1.54) is 4.90 Å². The van der Waals surface area contributed by atoms with Gasteiger partial charge in [0.1, 0.15) is 18.8 Å². The van der Waals surface area contributed by atoms with Crippen molar-refractivity contribution in [3.8, 4) is 0 Å². The Hall–Kier alpha value is -2.83. The molecule has 0 atom stereocenters. The van der Waals surface area contributed by atoms with Gasteiger partial charge in [-0.2, -0.15) is 0 Å². The van der Waals surface area contributed by atoms with Gasteiger partial charge in [0.25, 0.3) is 5.91 Å². The van der Waals surface area contributed by atoms with Crippen LogP contribution in [0.5, 0.6) is 0 Å². The molecule has 4 rings (SSSR count). The quantitative estimate of drug-likeness (QED) is 0.595. The van der Waals surface area contributed by atoms with Gasteiger partial charge >= 0.3 is 0 Å². The van der Waals surface area contributed by atoms with Gasteiger partial charge in [-0.1, -0.05) is 53.5 Å². The van der Waals surface area contributed by atoms with E-state index in [4.69, 9.17) is 23.2 Å². The zero-order valence-electron chi connectivity index (χ0n) is 15.6. The summed E-state index contributed by atoms with van der Waals surface area (Å²) in [6, 6.07) is 14.4. The van der Waals surface area contributed by atoms with Crippen LogP contribution < -0.4 is 0 Å². The molecule has 0 N–H and O–H groups in total. The van der Waals surface area contributed by atoms with Crippen molar-refractivity contribution in [1.82, 2.24) is 14.4 Å². The highest BCUT2D eigenvalue weighted by molar-refractivity contribution is 6.42. The molecule has 6 nitrogen and oxygen atoms in total. The van der Waals surface area contributed by atoms with Gasteiger partial charge in [0.15, 0.2) is 0 Å². The first kappa shape index (κ1) is 19.5. The normalized spacial score (nSPS) is 13.7. The first-order valence-corrected chi connectivity index (χ1v) is 9.72. The lowest BCUT2D eigenvalue weighted by atomic mass is 10.2. The van der Waals surface area contributed by atoms with Gasteiger partial charge in [-0.05, 0) is 23.8 Å². The molecule has 0 saturated carbocycles. The molecular weight excluding hydrogens is 413 g/mol. The summed E-state index contributed by atoms with van der Waals surface area (Å²) in [5.74, 6) is -1.25. The fraction of sp³-hybridized carbons (Fsp3) is 0.190. The number of rotatable bonds is 4. The standard InChI is InChI=1S/C21H17Cl2N3O3/c1-24(10-14-6-4-7-15(22)20(14)23)18(27)11-26-19(28)12-25-16-8-3-2-5-13(16)9-17(25)21(26)29/h2-9H,10-12H2,1H3. The Morgan fingerprint density at radius 3 is 2.66 bits per heavy atom. The van der Waals surface area contributed by atoms with E-state index in [1.54, 1.807) is 35.9 Å². The highest BCUT2D eigenvalue weighted by atomic mass is 35.5. The Balaban J connectivity index is 1.53. The highest BCUT2D eigenvalue weighted by Gasteiger charge is 2.34. The number of carbonyl (C=O) groups is 3. The predicted octanol–water partition coefficient (Wildman–Crippen LogP) is 3.59. The number of hydrogen-bond acceptors (Lipinski definition) is 3. The molecule has 8 heteroatoms. The smallest absolute Gasteiger partial charge is 0.277 e. The maximum Gasteiger partial charge on any atom is 0.277 e. The molecule has 148 valence electrons. The largest absolute Gasteiger partial charge is 0.340 e. The molecule has 1 aliphatic rings. The summed E-state index contributed by atoms with van der Waals surface area (Å²) < 4.78 is 1.69. The highest BCUT2D eigenvalue weighted by Crippen LogP contribution is 2.27. The Bertz CT molecular complexity index is 1160. The van der Waals surface area contributed by atoms with Crippen molar-refractivity contribution in [2.75, 3.05) is 13.6 Å². The third-order valence-corrected chi connectivity index (χ3v) is 5.89. The van der Waals surface area contributed by atoms with E-state index in [0.717, 1.165) is 15.8 Å². The molecule has 2 aromatic carbocycles. The van der Waals surface area contributed by atoms with Crippen molar-refractivity contribution < 1.29 is 14.4 Å². The maximum absolute atomic E-state index is 12.9. The molecule has 29 heavy (non-hydrogen) atoms. The molecule has 2 heterocycles. The molecule has 0 saturated heterocycles. The van der Waals surface area contributed by atoms with Crippen molar-refractivity contribution in [2.45, 2.75) is 13.1 Å². The number of amides is 3. The van der Waals surface area contributed by atoms with E-state index in [2.05, 4.69) is 0 Å². The molecule has 1 aromatic heterocycles. The van der Waals surface area contributed by atoms with Crippen LogP contribution in [-0.4, -0.2) is 45.7 Å². The molecule has 1 aliphatic heterocycles. The third-order valence-electron chi connectivity index (χ3n) is 5.03. The number of carbonyl (C=O) groups excluding carboxylic acids is 3. The Labute approximate surface area is 177 Å². The topological polar surface area (TPSA) is 62.6 Å². The molecule has 0 unspecified atom stereocenters. The van der Waals surface area contributed by atoms with E-state index >= 15 is 0 Å². The molecule has 0 radical (unpaired) electrons. The minimum atomic E-state index is -0.472. The molecular formula is C21H17Cl2N3O3. The van der Waals surface area contributed by atoms with Crippen LogP contribution >= 0.6 is 23.2 Å². The number of halogens is 2. The minimum absolute atomic E-state index is 0.0195. The van der Waals surface area contributed by atoms with Crippen molar-refractivity contribution in [3.05, 3.63) is 69.8 Å². The second-order valence-corrected chi connectivity index (χ2v) is 7.71. The molecule has 0 fully saturated rings. The molecule has 0 bridgehead atoms. The fourth-order valence-corrected chi connectivity index (χ4v) is 3.84. The van der Waals surface area contributed by atoms with Crippen LogP contribution in [0, 0.1) is 0 Å². The van der Waals surface area contributed by atoms with E-state index < -0.39 is 11.8 Å². The van der Waals surface area contributed by atoms with Gasteiger partial charge in [0.2, 0.25) is 11.8 Å². The van der Waals surface area contributed by atoms with Crippen LogP contribution in [0.15, 0.2) is 48.5 Å². The predicted molar refractivity (Wildman–Crippen MR) is 111 cm³/mol. The van der Waals surface area contributed by atoms with E-state index in [1.807, 2.05) is 24.3 Å². The zero-order valence-corrected chi connectivity index (χ0v) is 17.1. The van der Waals surface area contributed by atoms with Crippen LogP contribution in [0.1, 0.15) is 16.1 Å². The van der Waals surface area contributed by atoms with Crippen molar-refractivity contribution in [2.24, 2.45) is 0 Å². The Morgan fingerprint density at radius 2 is 1.86 bits per heavy atom. The van der Waals surface area contributed by atoms with Gasteiger partial charge in [-0.25, -0.2) is 0 Å². The summed E-state index contributed by atoms with van der Waals surface area (Å²) in [5, 5.41) is 1.66. The van der Waals surface area contributed by atoms with Crippen molar-refractivity contribution in [3.63, 3.8) is 0 Å². The summed E-state index contributed by atoms with van der Waals surface area (Å²) in [6.45, 7) is -0.0890. The monoisotopic (exact) mass is 429 g/mol. The van der Waals surface area contributed by atoms with Gasteiger partial charge in [0.05, 0.1) is 10.0 Å². The average Bonchev–Trinajstić information content (AvgIpc) is 3.07. The lowest BCUT2D eigenvalue weighted by Crippen LogP contribution is -2.49. The van der Waals surface area contributed by atoms with E-state index in [-0.39, 0.29) is 25.5 Å². The third kappa shape index (κ3) is 3.50. The van der Waals surface area contributed by atoms with Crippen LogP contribution in [0.3, 0.4) is 0 Å². The van der Waals surface area contributed by atoms with Crippen LogP contribution in [-0.2, 0) is 22.7 Å². The van der Waals surface area contributed by atoms with Gasteiger partial charge in [0, 0.05) is 24.5 Å². The van der Waals surface area contributed by atoms with Crippen LogP contribution in [0.2, 0.25) is 10.0 Å². The average molecular weight is 430 g/mol. The fourth-order valence-electron chi connectivity index (χ4n) is 3.46. The number of para-hydroxylation sites is 1. The maximum atomic E-state index is 12.9. The van der Waals surface area contributed by atoms with Crippen molar-refractivity contribution in [1.29, 1.82) is 0 Å². The van der Waals surface area contributed by atoms with Crippen LogP contribution in [0.4, 0.5) is 0 Å². The zero-order chi connectivity index (χ0) is 20.7.